The smallest absolute Gasteiger partial charge is 0.224 e. The summed E-state index contributed by atoms with van der Waals surface area (Å²) in [5.41, 5.74) is 1.48. The topological polar surface area (TPSA) is 44.4 Å². The summed E-state index contributed by atoms with van der Waals surface area (Å²) in [6.07, 6.45) is 7.14. The third kappa shape index (κ3) is 6.12. The number of hydrogen-bond donors (Lipinski definition) is 2. The van der Waals surface area contributed by atoms with Gasteiger partial charge in [-0.05, 0) is 76.2 Å². The fourth-order valence-electron chi connectivity index (χ4n) is 4.06. The van der Waals surface area contributed by atoms with Crippen molar-refractivity contribution in [3.63, 3.8) is 0 Å². The molecule has 1 aromatic rings. The lowest BCUT2D eigenvalue weighted by Crippen LogP contribution is -2.36. The summed E-state index contributed by atoms with van der Waals surface area (Å²) in [6.45, 7) is 6.32. The van der Waals surface area contributed by atoms with E-state index in [0.29, 0.717) is 0 Å². The Morgan fingerprint density at radius 1 is 1.12 bits per heavy atom. The minimum absolute atomic E-state index is 0.198. The molecule has 0 aliphatic carbocycles. The van der Waals surface area contributed by atoms with E-state index in [-0.39, 0.29) is 11.8 Å². The van der Waals surface area contributed by atoms with Crippen molar-refractivity contribution in [3.8, 4) is 0 Å². The number of nitrogens with zero attached hydrogens (tertiary/aromatic N) is 1. The number of hydrogen-bond acceptors (Lipinski definition) is 3. The van der Waals surface area contributed by atoms with Crippen molar-refractivity contribution in [2.45, 2.75) is 38.5 Å². The van der Waals surface area contributed by atoms with Crippen LogP contribution in [0.5, 0.6) is 0 Å². The number of unbranched alkanes of at least 4 members (excludes halogenated alkanes) is 1. The van der Waals surface area contributed by atoms with Gasteiger partial charge in [0.15, 0.2) is 0 Å². The molecule has 2 aliphatic rings. The minimum atomic E-state index is 0.198. The molecule has 1 aromatic carbocycles. The standard InChI is InChI=1S/C21H33N3O/c25-21(20-8-12-22-17-20)23-11-4-5-13-24-14-9-19(10-15-24)16-18-6-2-1-3-7-18/h1-3,6-7,19-20,22H,4-5,8-17H2,(H,23,25). The Morgan fingerprint density at radius 2 is 1.92 bits per heavy atom. The molecule has 0 radical (unpaired) electrons. The molecule has 0 spiro atoms. The van der Waals surface area contributed by atoms with Crippen LogP contribution >= 0.6 is 0 Å². The fraction of sp³-hybridized carbons (Fsp3) is 0.667. The summed E-state index contributed by atoms with van der Waals surface area (Å²) in [7, 11) is 0. The summed E-state index contributed by atoms with van der Waals surface area (Å²) in [5, 5.41) is 6.35. The largest absolute Gasteiger partial charge is 0.356 e. The molecule has 0 bridgehead atoms. The second-order valence-corrected chi connectivity index (χ2v) is 7.66. The first-order chi connectivity index (χ1) is 12.3. The zero-order valence-corrected chi connectivity index (χ0v) is 15.4. The van der Waals surface area contributed by atoms with Crippen molar-refractivity contribution in [2.24, 2.45) is 11.8 Å². The maximum absolute atomic E-state index is 11.9. The first-order valence-electron chi connectivity index (χ1n) is 10.1. The molecule has 2 N–H and O–H groups in total. The molecule has 2 saturated heterocycles. The van der Waals surface area contributed by atoms with E-state index in [1.807, 2.05) is 0 Å². The second-order valence-electron chi connectivity index (χ2n) is 7.66. The molecule has 4 heteroatoms. The maximum atomic E-state index is 11.9. The summed E-state index contributed by atoms with van der Waals surface area (Å²) >= 11 is 0. The fourth-order valence-corrected chi connectivity index (χ4v) is 4.06. The Labute approximate surface area is 152 Å². The second kappa shape index (κ2) is 9.93. The Morgan fingerprint density at radius 3 is 2.64 bits per heavy atom. The lowest BCUT2D eigenvalue weighted by Gasteiger charge is -2.32. The summed E-state index contributed by atoms with van der Waals surface area (Å²) in [4.78, 5) is 14.5. The zero-order valence-electron chi connectivity index (χ0n) is 15.4. The zero-order chi connectivity index (χ0) is 17.3. The molecular formula is C21H33N3O. The van der Waals surface area contributed by atoms with Crippen LogP contribution < -0.4 is 10.6 Å². The van der Waals surface area contributed by atoms with Gasteiger partial charge in [0.25, 0.3) is 0 Å². The molecule has 0 aromatic heterocycles. The lowest BCUT2D eigenvalue weighted by atomic mass is 9.90. The van der Waals surface area contributed by atoms with Gasteiger partial charge in [-0.2, -0.15) is 0 Å². The molecular weight excluding hydrogens is 310 g/mol. The first-order valence-corrected chi connectivity index (χ1v) is 10.1. The van der Waals surface area contributed by atoms with Crippen molar-refractivity contribution in [2.75, 3.05) is 39.3 Å². The van der Waals surface area contributed by atoms with Crippen molar-refractivity contribution >= 4 is 5.91 Å². The molecule has 138 valence electrons. The molecule has 1 unspecified atom stereocenters. The number of carbonyl (C=O) groups is 1. The molecule has 3 rings (SSSR count). The predicted molar refractivity (Wildman–Crippen MR) is 103 cm³/mol. The summed E-state index contributed by atoms with van der Waals surface area (Å²) < 4.78 is 0. The van der Waals surface area contributed by atoms with Crippen molar-refractivity contribution in [1.29, 1.82) is 0 Å². The van der Waals surface area contributed by atoms with Crippen LogP contribution in [0.1, 0.15) is 37.7 Å². The van der Waals surface area contributed by atoms with E-state index in [0.717, 1.165) is 38.4 Å². The summed E-state index contributed by atoms with van der Waals surface area (Å²) in [6, 6.07) is 10.9. The van der Waals surface area contributed by atoms with Crippen LogP contribution in [0.3, 0.4) is 0 Å². The van der Waals surface area contributed by atoms with Crippen LogP contribution in [0.2, 0.25) is 0 Å². The van der Waals surface area contributed by atoms with Crippen LogP contribution in [0.15, 0.2) is 30.3 Å². The van der Waals surface area contributed by atoms with Gasteiger partial charge >= 0.3 is 0 Å². The number of rotatable bonds is 8. The van der Waals surface area contributed by atoms with Gasteiger partial charge in [0, 0.05) is 13.1 Å². The number of benzene rings is 1. The van der Waals surface area contributed by atoms with Gasteiger partial charge in [0.2, 0.25) is 5.91 Å². The van der Waals surface area contributed by atoms with Crippen molar-refractivity contribution < 1.29 is 4.79 Å². The highest BCUT2D eigenvalue weighted by atomic mass is 16.1. The van der Waals surface area contributed by atoms with Crippen LogP contribution in [0.25, 0.3) is 0 Å². The van der Waals surface area contributed by atoms with E-state index in [9.17, 15) is 4.79 Å². The number of piperidine rings is 1. The van der Waals surface area contributed by atoms with E-state index in [1.54, 1.807) is 0 Å². The van der Waals surface area contributed by atoms with Gasteiger partial charge in [-0.15, -0.1) is 0 Å². The van der Waals surface area contributed by atoms with Gasteiger partial charge in [-0.1, -0.05) is 30.3 Å². The van der Waals surface area contributed by atoms with Crippen LogP contribution in [-0.2, 0) is 11.2 Å². The van der Waals surface area contributed by atoms with E-state index in [1.165, 1.54) is 50.9 Å². The van der Waals surface area contributed by atoms with Gasteiger partial charge in [-0.3, -0.25) is 4.79 Å². The van der Waals surface area contributed by atoms with Gasteiger partial charge in [0.1, 0.15) is 0 Å². The highest BCUT2D eigenvalue weighted by Gasteiger charge is 2.22. The van der Waals surface area contributed by atoms with Crippen LogP contribution in [-0.4, -0.2) is 50.1 Å². The molecule has 2 heterocycles. The normalized spacial score (nSPS) is 22.2. The molecule has 1 atom stereocenters. The number of nitrogens with one attached hydrogen (secondary N) is 2. The molecule has 0 saturated carbocycles. The third-order valence-electron chi connectivity index (χ3n) is 5.71. The monoisotopic (exact) mass is 343 g/mol. The predicted octanol–water partition coefficient (Wildman–Crippen LogP) is 2.45. The van der Waals surface area contributed by atoms with Gasteiger partial charge in [-0.25, -0.2) is 0 Å². The van der Waals surface area contributed by atoms with Gasteiger partial charge < -0.3 is 15.5 Å². The van der Waals surface area contributed by atoms with E-state index in [2.05, 4.69) is 45.9 Å². The molecule has 2 fully saturated rings. The quantitative estimate of drug-likeness (QED) is 0.713. The first kappa shape index (κ1) is 18.4. The Hall–Kier alpha value is -1.39. The average Bonchev–Trinajstić information content (AvgIpc) is 3.18. The minimum Gasteiger partial charge on any atom is -0.356 e. The molecule has 2 aliphatic heterocycles. The SMILES string of the molecule is O=C(NCCCCN1CCC(Cc2ccccc2)CC1)C1CCNC1. The highest BCUT2D eigenvalue weighted by molar-refractivity contribution is 5.79. The number of likely N-dealkylation sites (tertiary alicyclic amines) is 1. The number of amides is 1. The lowest BCUT2D eigenvalue weighted by molar-refractivity contribution is -0.124. The van der Waals surface area contributed by atoms with Crippen LogP contribution in [0.4, 0.5) is 0 Å². The average molecular weight is 344 g/mol. The Bertz CT molecular complexity index is 505. The van der Waals surface area contributed by atoms with E-state index in [4.69, 9.17) is 0 Å². The van der Waals surface area contributed by atoms with Gasteiger partial charge in [0.05, 0.1) is 5.92 Å². The molecule has 1 amide bonds. The van der Waals surface area contributed by atoms with Crippen molar-refractivity contribution in [1.82, 2.24) is 15.5 Å². The van der Waals surface area contributed by atoms with E-state index < -0.39 is 0 Å². The van der Waals surface area contributed by atoms with E-state index >= 15 is 0 Å². The van der Waals surface area contributed by atoms with Crippen molar-refractivity contribution in [3.05, 3.63) is 35.9 Å². The summed E-state index contributed by atoms with van der Waals surface area (Å²) in [5.74, 6) is 1.29. The highest BCUT2D eigenvalue weighted by Crippen LogP contribution is 2.21. The third-order valence-corrected chi connectivity index (χ3v) is 5.71. The Kier molecular flexibility index (Phi) is 7.31. The maximum Gasteiger partial charge on any atom is 0.224 e. The van der Waals surface area contributed by atoms with Crippen LogP contribution in [0, 0.1) is 11.8 Å². The Balaban J connectivity index is 1.23. The molecule has 25 heavy (non-hydrogen) atoms. The number of carbonyl (C=O) groups excluding carboxylic acids is 1. The molecule has 4 nitrogen and oxygen atoms in total.